The van der Waals surface area contributed by atoms with E-state index in [4.69, 9.17) is 5.11 Å². The van der Waals surface area contributed by atoms with Crippen molar-refractivity contribution in [1.29, 1.82) is 0 Å². The molecule has 0 aliphatic heterocycles. The van der Waals surface area contributed by atoms with Gasteiger partial charge in [-0.3, -0.25) is 4.79 Å². The summed E-state index contributed by atoms with van der Waals surface area (Å²) in [5.74, 6) is 0.0528. The molecule has 0 saturated heterocycles. The lowest BCUT2D eigenvalue weighted by Crippen LogP contribution is -2.52. The van der Waals surface area contributed by atoms with E-state index in [9.17, 15) is 9.59 Å². The normalized spacial score (nSPS) is 22.9. The van der Waals surface area contributed by atoms with Crippen LogP contribution in [-0.2, 0) is 4.79 Å². The summed E-state index contributed by atoms with van der Waals surface area (Å²) in [6, 6.07) is -0.196. The van der Waals surface area contributed by atoms with Gasteiger partial charge in [-0.1, -0.05) is 26.7 Å². The molecule has 2 N–H and O–H groups in total. The van der Waals surface area contributed by atoms with Crippen LogP contribution in [0.5, 0.6) is 0 Å². The highest BCUT2D eigenvalue weighted by molar-refractivity contribution is 5.80. The summed E-state index contributed by atoms with van der Waals surface area (Å²) in [5, 5.41) is 12.0. The zero-order valence-corrected chi connectivity index (χ0v) is 13.1. The third-order valence-corrected chi connectivity index (χ3v) is 4.17. The van der Waals surface area contributed by atoms with E-state index in [0.29, 0.717) is 11.8 Å². The van der Waals surface area contributed by atoms with Gasteiger partial charge in [-0.25, -0.2) is 4.79 Å². The molecule has 2 unspecified atom stereocenters. The van der Waals surface area contributed by atoms with Crippen LogP contribution in [0.4, 0.5) is 4.79 Å². The van der Waals surface area contributed by atoms with E-state index >= 15 is 0 Å². The summed E-state index contributed by atoms with van der Waals surface area (Å²) in [6.07, 6.45) is 4.49. The van der Waals surface area contributed by atoms with E-state index in [2.05, 4.69) is 19.2 Å². The average molecular weight is 284 g/mol. The highest BCUT2D eigenvalue weighted by Gasteiger charge is 2.30. The summed E-state index contributed by atoms with van der Waals surface area (Å²) in [7, 11) is 0. The Labute approximate surface area is 121 Å². The fourth-order valence-corrected chi connectivity index (χ4v) is 3.01. The lowest BCUT2D eigenvalue weighted by Gasteiger charge is -2.36. The van der Waals surface area contributed by atoms with Crippen LogP contribution in [0.1, 0.15) is 53.4 Å². The minimum atomic E-state index is -0.974. The molecular weight excluding hydrogens is 256 g/mol. The van der Waals surface area contributed by atoms with Gasteiger partial charge in [0.2, 0.25) is 0 Å². The van der Waals surface area contributed by atoms with Gasteiger partial charge in [-0.2, -0.15) is 0 Å². The number of carboxylic acids is 1. The second-order valence-corrected chi connectivity index (χ2v) is 6.36. The number of hydrogen-bond donors (Lipinski definition) is 2. The molecule has 0 aromatic carbocycles. The number of rotatable bonds is 5. The first kappa shape index (κ1) is 16.8. The first-order chi connectivity index (χ1) is 9.32. The molecule has 1 saturated carbocycles. The summed E-state index contributed by atoms with van der Waals surface area (Å²) in [5.41, 5.74) is 0. The van der Waals surface area contributed by atoms with E-state index in [1.54, 1.807) is 0 Å². The number of aliphatic carboxylic acids is 1. The molecule has 1 rings (SSSR count). The van der Waals surface area contributed by atoms with Gasteiger partial charge in [0, 0.05) is 12.1 Å². The summed E-state index contributed by atoms with van der Waals surface area (Å²) in [4.78, 5) is 24.6. The van der Waals surface area contributed by atoms with Crippen LogP contribution < -0.4 is 5.32 Å². The molecule has 1 aliphatic rings. The number of amides is 2. The molecule has 20 heavy (non-hydrogen) atoms. The highest BCUT2D eigenvalue weighted by Crippen LogP contribution is 2.30. The predicted octanol–water partition coefficient (Wildman–Crippen LogP) is 2.71. The van der Waals surface area contributed by atoms with Crippen molar-refractivity contribution in [2.24, 2.45) is 11.8 Å². The summed E-state index contributed by atoms with van der Waals surface area (Å²) in [6.45, 7) is 7.80. The number of carbonyl (C=O) groups excluding carboxylic acids is 1. The van der Waals surface area contributed by atoms with Crippen molar-refractivity contribution in [3.8, 4) is 0 Å². The fourth-order valence-electron chi connectivity index (χ4n) is 3.01. The minimum absolute atomic E-state index is 0.118. The van der Waals surface area contributed by atoms with E-state index in [-0.39, 0.29) is 24.7 Å². The smallest absolute Gasteiger partial charge is 0.323 e. The number of nitrogens with zero attached hydrogens (tertiary/aromatic N) is 1. The average Bonchev–Trinajstić information content (AvgIpc) is 2.35. The molecule has 0 aromatic heterocycles. The van der Waals surface area contributed by atoms with E-state index in [0.717, 1.165) is 19.3 Å². The maximum atomic E-state index is 12.3. The minimum Gasteiger partial charge on any atom is -0.480 e. The topological polar surface area (TPSA) is 69.6 Å². The highest BCUT2D eigenvalue weighted by atomic mass is 16.4. The lowest BCUT2D eigenvalue weighted by atomic mass is 9.78. The van der Waals surface area contributed by atoms with Gasteiger partial charge in [0.15, 0.2) is 0 Å². The van der Waals surface area contributed by atoms with Crippen molar-refractivity contribution in [2.45, 2.75) is 65.5 Å². The molecule has 0 radical (unpaired) electrons. The zero-order chi connectivity index (χ0) is 15.3. The Bertz CT molecular complexity index is 342. The Morgan fingerprint density at radius 2 is 1.80 bits per heavy atom. The van der Waals surface area contributed by atoms with Crippen molar-refractivity contribution in [2.75, 3.05) is 6.54 Å². The standard InChI is InChI=1S/C15H28N2O3/c1-10(2)12-7-5-6-8-13(12)16-15(20)17(11(3)4)9-14(18)19/h10-13H,5-9H2,1-4H3,(H,16,20)(H,18,19). The Balaban J connectivity index is 2.68. The zero-order valence-electron chi connectivity index (χ0n) is 13.1. The Morgan fingerprint density at radius 1 is 1.20 bits per heavy atom. The predicted molar refractivity (Wildman–Crippen MR) is 78.6 cm³/mol. The summed E-state index contributed by atoms with van der Waals surface area (Å²) < 4.78 is 0. The van der Waals surface area contributed by atoms with Crippen LogP contribution >= 0.6 is 0 Å². The molecule has 0 aromatic rings. The van der Waals surface area contributed by atoms with Crippen molar-refractivity contribution >= 4 is 12.0 Å². The van der Waals surface area contributed by atoms with E-state index in [1.807, 2.05) is 13.8 Å². The van der Waals surface area contributed by atoms with Crippen LogP contribution in [0, 0.1) is 11.8 Å². The van der Waals surface area contributed by atoms with Crippen LogP contribution in [0.25, 0.3) is 0 Å². The second kappa shape index (κ2) is 7.50. The molecular formula is C15H28N2O3. The first-order valence-corrected chi connectivity index (χ1v) is 7.61. The monoisotopic (exact) mass is 284 g/mol. The van der Waals surface area contributed by atoms with Crippen LogP contribution in [-0.4, -0.2) is 40.6 Å². The largest absolute Gasteiger partial charge is 0.480 e. The Morgan fingerprint density at radius 3 is 2.30 bits per heavy atom. The van der Waals surface area contributed by atoms with Gasteiger partial charge in [-0.15, -0.1) is 0 Å². The number of carboxylic acid groups (broad SMARTS) is 1. The van der Waals surface area contributed by atoms with Gasteiger partial charge in [0.1, 0.15) is 6.54 Å². The quantitative estimate of drug-likeness (QED) is 0.815. The molecule has 0 spiro atoms. The molecule has 0 bridgehead atoms. The third-order valence-electron chi connectivity index (χ3n) is 4.17. The van der Waals surface area contributed by atoms with Crippen molar-refractivity contribution < 1.29 is 14.7 Å². The number of carbonyl (C=O) groups is 2. The van der Waals surface area contributed by atoms with Gasteiger partial charge < -0.3 is 15.3 Å². The molecule has 5 nitrogen and oxygen atoms in total. The molecule has 2 atom stereocenters. The maximum Gasteiger partial charge on any atom is 0.323 e. The molecule has 5 heteroatoms. The Kier molecular flexibility index (Phi) is 6.30. The van der Waals surface area contributed by atoms with Crippen molar-refractivity contribution in [3.05, 3.63) is 0 Å². The lowest BCUT2D eigenvalue weighted by molar-refractivity contribution is -0.138. The maximum absolute atomic E-state index is 12.3. The molecule has 116 valence electrons. The molecule has 2 amide bonds. The molecule has 0 heterocycles. The third kappa shape index (κ3) is 4.69. The van der Waals surface area contributed by atoms with Crippen LogP contribution in [0.2, 0.25) is 0 Å². The number of hydrogen-bond acceptors (Lipinski definition) is 2. The van der Waals surface area contributed by atoms with Crippen LogP contribution in [0.15, 0.2) is 0 Å². The van der Waals surface area contributed by atoms with Gasteiger partial charge in [-0.05, 0) is 38.5 Å². The molecule has 1 fully saturated rings. The van der Waals surface area contributed by atoms with Crippen molar-refractivity contribution in [3.63, 3.8) is 0 Å². The van der Waals surface area contributed by atoms with Crippen LogP contribution in [0.3, 0.4) is 0 Å². The fraction of sp³-hybridized carbons (Fsp3) is 0.867. The first-order valence-electron chi connectivity index (χ1n) is 7.61. The van der Waals surface area contributed by atoms with Gasteiger partial charge in [0.25, 0.3) is 0 Å². The van der Waals surface area contributed by atoms with E-state index in [1.165, 1.54) is 11.3 Å². The van der Waals surface area contributed by atoms with Gasteiger partial charge in [0.05, 0.1) is 0 Å². The SMILES string of the molecule is CC(C)C1CCCCC1NC(=O)N(CC(=O)O)C(C)C. The van der Waals surface area contributed by atoms with Crippen molar-refractivity contribution in [1.82, 2.24) is 10.2 Å². The number of urea groups is 1. The number of nitrogens with one attached hydrogen (secondary N) is 1. The summed E-state index contributed by atoms with van der Waals surface area (Å²) >= 11 is 0. The second-order valence-electron chi connectivity index (χ2n) is 6.36. The Hall–Kier alpha value is -1.26. The van der Waals surface area contributed by atoms with Gasteiger partial charge >= 0.3 is 12.0 Å². The van der Waals surface area contributed by atoms with E-state index < -0.39 is 5.97 Å². The molecule has 1 aliphatic carbocycles.